The van der Waals surface area contributed by atoms with Gasteiger partial charge in [0, 0.05) is 6.20 Å². The van der Waals surface area contributed by atoms with Gasteiger partial charge in [0.25, 0.3) is 0 Å². The Morgan fingerprint density at radius 2 is 1.71 bits per heavy atom. The molecule has 3 heteroatoms. The average molecular weight is 278 g/mol. The van der Waals surface area contributed by atoms with Crippen molar-refractivity contribution in [1.82, 2.24) is 9.67 Å². The van der Waals surface area contributed by atoms with Gasteiger partial charge in [-0.15, -0.1) is 9.36 Å². The summed E-state index contributed by atoms with van der Waals surface area (Å²) in [6.07, 6.45) is 8.08. The standard InChI is InChI=1S/C18H20N3/c1-13-8-9-19-10-17(13)21-12-16(11-20(21)4)18-14(2)6-5-7-15(18)3/h5-12H,1-4H3/q+1. The fourth-order valence-corrected chi connectivity index (χ4v) is 2.85. The molecule has 3 nitrogen and oxygen atoms in total. The molecule has 0 fully saturated rings. The first-order valence-electron chi connectivity index (χ1n) is 7.14. The molecule has 0 aliphatic carbocycles. The summed E-state index contributed by atoms with van der Waals surface area (Å²) in [5.74, 6) is 0. The molecular weight excluding hydrogens is 258 g/mol. The monoisotopic (exact) mass is 278 g/mol. The van der Waals surface area contributed by atoms with E-state index in [1.807, 2.05) is 18.5 Å². The van der Waals surface area contributed by atoms with Crippen LogP contribution >= 0.6 is 0 Å². The lowest BCUT2D eigenvalue weighted by Gasteiger charge is -2.05. The zero-order chi connectivity index (χ0) is 15.0. The van der Waals surface area contributed by atoms with Crippen molar-refractivity contribution in [1.29, 1.82) is 0 Å². The minimum absolute atomic E-state index is 1.11. The Morgan fingerprint density at radius 1 is 1.00 bits per heavy atom. The van der Waals surface area contributed by atoms with Gasteiger partial charge in [0.1, 0.15) is 5.69 Å². The Bertz CT molecular complexity index is 780. The van der Waals surface area contributed by atoms with Crippen LogP contribution in [0, 0.1) is 20.8 Å². The first-order chi connectivity index (χ1) is 10.1. The highest BCUT2D eigenvalue weighted by Gasteiger charge is 2.16. The highest BCUT2D eigenvalue weighted by molar-refractivity contribution is 5.69. The van der Waals surface area contributed by atoms with Crippen molar-refractivity contribution in [3.63, 3.8) is 0 Å². The molecule has 3 rings (SSSR count). The van der Waals surface area contributed by atoms with Crippen LogP contribution in [0.1, 0.15) is 16.7 Å². The van der Waals surface area contributed by atoms with Crippen molar-refractivity contribution < 1.29 is 4.68 Å². The van der Waals surface area contributed by atoms with Crippen LogP contribution in [0.4, 0.5) is 0 Å². The number of aryl methyl sites for hydroxylation is 4. The molecule has 0 aliphatic heterocycles. The van der Waals surface area contributed by atoms with Gasteiger partial charge < -0.3 is 0 Å². The molecular formula is C18H20N3+. The van der Waals surface area contributed by atoms with Gasteiger partial charge in [-0.2, -0.15) is 0 Å². The molecule has 2 aromatic heterocycles. The smallest absolute Gasteiger partial charge is 0.203 e. The third-order valence-electron chi connectivity index (χ3n) is 3.96. The fraction of sp³-hybridized carbons (Fsp3) is 0.222. The summed E-state index contributed by atoms with van der Waals surface area (Å²) in [5.41, 5.74) is 7.47. The summed E-state index contributed by atoms with van der Waals surface area (Å²) in [4.78, 5) is 4.25. The van der Waals surface area contributed by atoms with E-state index in [2.05, 4.69) is 72.8 Å². The molecule has 0 saturated heterocycles. The topological polar surface area (TPSA) is 21.7 Å². The van der Waals surface area contributed by atoms with Gasteiger partial charge in [-0.05, 0) is 49.1 Å². The predicted molar refractivity (Wildman–Crippen MR) is 84.4 cm³/mol. The van der Waals surface area contributed by atoms with Crippen molar-refractivity contribution in [2.45, 2.75) is 20.8 Å². The van der Waals surface area contributed by atoms with Crippen molar-refractivity contribution in [3.05, 3.63) is 65.7 Å². The Labute approximate surface area is 125 Å². The van der Waals surface area contributed by atoms with E-state index < -0.39 is 0 Å². The molecule has 0 unspecified atom stereocenters. The summed E-state index contributed by atoms with van der Waals surface area (Å²) in [6, 6.07) is 8.47. The van der Waals surface area contributed by atoms with E-state index in [0.717, 1.165) is 5.69 Å². The number of benzene rings is 1. The molecule has 0 N–H and O–H groups in total. The minimum atomic E-state index is 1.11. The molecule has 106 valence electrons. The Hall–Kier alpha value is -2.42. The van der Waals surface area contributed by atoms with E-state index in [1.54, 1.807) is 0 Å². The van der Waals surface area contributed by atoms with Crippen LogP contribution in [0.2, 0.25) is 0 Å². The number of pyridine rings is 1. The third kappa shape index (κ3) is 2.35. The Balaban J connectivity index is 2.17. The summed E-state index contributed by atoms with van der Waals surface area (Å²) < 4.78 is 4.24. The maximum atomic E-state index is 4.25. The number of hydrogen-bond donors (Lipinski definition) is 0. The Kier molecular flexibility index (Phi) is 3.34. The van der Waals surface area contributed by atoms with E-state index in [-0.39, 0.29) is 0 Å². The zero-order valence-electron chi connectivity index (χ0n) is 13.0. The number of rotatable bonds is 2. The van der Waals surface area contributed by atoms with Crippen molar-refractivity contribution in [3.8, 4) is 16.8 Å². The summed E-state index contributed by atoms with van der Waals surface area (Å²) in [6.45, 7) is 6.43. The van der Waals surface area contributed by atoms with Crippen molar-refractivity contribution in [2.24, 2.45) is 7.05 Å². The van der Waals surface area contributed by atoms with Gasteiger partial charge in [-0.1, -0.05) is 18.2 Å². The van der Waals surface area contributed by atoms with Crippen molar-refractivity contribution >= 4 is 0 Å². The normalized spacial score (nSPS) is 10.9. The predicted octanol–water partition coefficient (Wildman–Crippen LogP) is 3.29. The average Bonchev–Trinajstić information content (AvgIpc) is 2.81. The molecule has 0 bridgehead atoms. The molecule has 1 aromatic carbocycles. The second kappa shape index (κ2) is 5.17. The van der Waals surface area contributed by atoms with Gasteiger partial charge in [0.05, 0.1) is 18.0 Å². The number of aromatic nitrogens is 3. The molecule has 0 spiro atoms. The molecule has 21 heavy (non-hydrogen) atoms. The highest BCUT2D eigenvalue weighted by atomic mass is 15.4. The van der Waals surface area contributed by atoms with Gasteiger partial charge in [-0.3, -0.25) is 4.98 Å². The molecule has 0 atom stereocenters. The Morgan fingerprint density at radius 3 is 2.38 bits per heavy atom. The van der Waals surface area contributed by atoms with Gasteiger partial charge in [0.2, 0.25) is 6.20 Å². The number of nitrogens with zero attached hydrogens (tertiary/aromatic N) is 3. The van der Waals surface area contributed by atoms with Gasteiger partial charge in [-0.25, -0.2) is 0 Å². The molecule has 0 aliphatic rings. The largest absolute Gasteiger partial charge is 0.262 e. The summed E-state index contributed by atoms with van der Waals surface area (Å²) in [7, 11) is 2.06. The van der Waals surface area contributed by atoms with Gasteiger partial charge in [0.15, 0.2) is 7.05 Å². The molecule has 3 aromatic rings. The van der Waals surface area contributed by atoms with E-state index in [1.165, 1.54) is 27.8 Å². The van der Waals surface area contributed by atoms with E-state index in [9.17, 15) is 0 Å². The van der Waals surface area contributed by atoms with E-state index >= 15 is 0 Å². The van der Waals surface area contributed by atoms with Gasteiger partial charge >= 0.3 is 0 Å². The molecule has 0 radical (unpaired) electrons. The quantitative estimate of drug-likeness (QED) is 0.659. The second-order valence-corrected chi connectivity index (χ2v) is 5.56. The minimum Gasteiger partial charge on any atom is -0.262 e. The van der Waals surface area contributed by atoms with Crippen LogP contribution in [0.25, 0.3) is 16.8 Å². The summed E-state index contributed by atoms with van der Waals surface area (Å²) >= 11 is 0. The lowest BCUT2D eigenvalue weighted by Crippen LogP contribution is -2.37. The van der Waals surface area contributed by atoms with Crippen molar-refractivity contribution in [2.75, 3.05) is 0 Å². The van der Waals surface area contributed by atoms with Crippen LogP contribution in [-0.4, -0.2) is 9.67 Å². The second-order valence-electron chi connectivity index (χ2n) is 5.56. The SMILES string of the molecule is Cc1ccncc1-n1cc(-c2c(C)cccc2C)c[n+]1C. The fourth-order valence-electron chi connectivity index (χ4n) is 2.85. The first-order valence-corrected chi connectivity index (χ1v) is 7.14. The van der Waals surface area contributed by atoms with Crippen LogP contribution in [0.3, 0.4) is 0 Å². The highest BCUT2D eigenvalue weighted by Crippen LogP contribution is 2.27. The van der Waals surface area contributed by atoms with Crippen LogP contribution in [-0.2, 0) is 7.05 Å². The van der Waals surface area contributed by atoms with E-state index in [0.29, 0.717) is 0 Å². The zero-order valence-corrected chi connectivity index (χ0v) is 13.0. The lowest BCUT2D eigenvalue weighted by atomic mass is 9.98. The maximum Gasteiger partial charge on any atom is 0.203 e. The maximum absolute atomic E-state index is 4.25. The molecule has 0 saturated carbocycles. The first kappa shape index (κ1) is 13.6. The van der Waals surface area contributed by atoms with Crippen LogP contribution < -0.4 is 4.68 Å². The molecule has 0 amide bonds. The van der Waals surface area contributed by atoms with E-state index in [4.69, 9.17) is 0 Å². The number of hydrogen-bond acceptors (Lipinski definition) is 1. The summed E-state index contributed by atoms with van der Waals surface area (Å²) in [5, 5.41) is 0. The van der Waals surface area contributed by atoms with Crippen LogP contribution in [0.5, 0.6) is 0 Å². The third-order valence-corrected chi connectivity index (χ3v) is 3.96. The lowest BCUT2D eigenvalue weighted by molar-refractivity contribution is -0.744. The van der Waals surface area contributed by atoms with Crippen LogP contribution in [0.15, 0.2) is 49.1 Å². The molecule has 2 heterocycles.